The van der Waals surface area contributed by atoms with Gasteiger partial charge in [-0.15, -0.1) is 0 Å². The van der Waals surface area contributed by atoms with Gasteiger partial charge in [-0.2, -0.15) is 0 Å². The third-order valence-corrected chi connectivity index (χ3v) is 3.58. The molecule has 19 heavy (non-hydrogen) atoms. The van der Waals surface area contributed by atoms with Crippen LogP contribution in [0.15, 0.2) is 12.5 Å². The van der Waals surface area contributed by atoms with Gasteiger partial charge in [0.15, 0.2) is 0 Å². The van der Waals surface area contributed by atoms with Gasteiger partial charge in [-0.05, 0) is 13.0 Å². The van der Waals surface area contributed by atoms with Crippen molar-refractivity contribution in [3.8, 4) is 0 Å². The molecule has 0 fully saturated rings. The van der Waals surface area contributed by atoms with E-state index in [4.69, 9.17) is 0 Å². The van der Waals surface area contributed by atoms with Crippen LogP contribution in [-0.4, -0.2) is 16.5 Å². The summed E-state index contributed by atoms with van der Waals surface area (Å²) in [6.07, 6.45) is 17.6. The molecule has 1 aromatic heterocycles. The van der Waals surface area contributed by atoms with Gasteiger partial charge in [0.1, 0.15) is 0 Å². The third kappa shape index (κ3) is 9.71. The smallest absolute Gasteiger partial charge is 0.0922 e. The molecule has 1 aromatic rings. The average molecular weight is 265 g/mol. The van der Waals surface area contributed by atoms with Crippen LogP contribution in [0, 0.1) is 0 Å². The standard InChI is InChI=1S/C16H31N3/c1-2-3-4-5-6-7-8-9-10-11-12-17-13-16-14-18-15-19-16/h14-15,17H,2-13H2,1H3,(H,18,19). The van der Waals surface area contributed by atoms with Crippen LogP contribution in [-0.2, 0) is 6.54 Å². The molecule has 110 valence electrons. The Morgan fingerprint density at radius 2 is 1.58 bits per heavy atom. The number of unbranched alkanes of at least 4 members (excludes halogenated alkanes) is 9. The first-order chi connectivity index (χ1) is 9.43. The second-order valence-electron chi connectivity index (χ2n) is 5.44. The zero-order valence-electron chi connectivity index (χ0n) is 12.6. The monoisotopic (exact) mass is 265 g/mol. The molecule has 0 unspecified atom stereocenters. The zero-order valence-corrected chi connectivity index (χ0v) is 12.6. The molecule has 0 aliphatic heterocycles. The van der Waals surface area contributed by atoms with Crippen molar-refractivity contribution in [2.75, 3.05) is 6.54 Å². The van der Waals surface area contributed by atoms with E-state index in [1.807, 2.05) is 6.20 Å². The van der Waals surface area contributed by atoms with Gasteiger partial charge in [0.05, 0.1) is 6.33 Å². The predicted octanol–water partition coefficient (Wildman–Crippen LogP) is 4.42. The minimum absolute atomic E-state index is 0.914. The molecular formula is C16H31N3. The first-order valence-electron chi connectivity index (χ1n) is 8.11. The van der Waals surface area contributed by atoms with Crippen molar-refractivity contribution in [2.24, 2.45) is 0 Å². The van der Waals surface area contributed by atoms with E-state index in [9.17, 15) is 0 Å². The van der Waals surface area contributed by atoms with Gasteiger partial charge in [-0.25, -0.2) is 4.98 Å². The van der Waals surface area contributed by atoms with E-state index in [0.717, 1.165) is 13.1 Å². The van der Waals surface area contributed by atoms with E-state index in [1.54, 1.807) is 6.33 Å². The Morgan fingerprint density at radius 3 is 2.16 bits per heavy atom. The van der Waals surface area contributed by atoms with Crippen LogP contribution in [0.2, 0.25) is 0 Å². The summed E-state index contributed by atoms with van der Waals surface area (Å²) in [5.41, 5.74) is 1.17. The second kappa shape index (κ2) is 12.2. The number of aromatic nitrogens is 2. The maximum Gasteiger partial charge on any atom is 0.0922 e. The first-order valence-corrected chi connectivity index (χ1v) is 8.11. The average Bonchev–Trinajstić information content (AvgIpc) is 2.93. The minimum Gasteiger partial charge on any atom is -0.347 e. The SMILES string of the molecule is CCCCCCCCCCCCNCc1cnc[nH]1. The number of rotatable bonds is 13. The van der Waals surface area contributed by atoms with E-state index in [-0.39, 0.29) is 0 Å². The molecule has 0 spiro atoms. The summed E-state index contributed by atoms with van der Waals surface area (Å²) < 4.78 is 0. The molecule has 0 saturated heterocycles. The molecule has 0 amide bonds. The van der Waals surface area contributed by atoms with Gasteiger partial charge in [-0.1, -0.05) is 64.7 Å². The van der Waals surface area contributed by atoms with Crippen LogP contribution in [0.5, 0.6) is 0 Å². The number of aromatic amines is 1. The summed E-state index contributed by atoms with van der Waals surface area (Å²) in [5.74, 6) is 0. The Morgan fingerprint density at radius 1 is 0.947 bits per heavy atom. The van der Waals surface area contributed by atoms with E-state index >= 15 is 0 Å². The summed E-state index contributed by atoms with van der Waals surface area (Å²) >= 11 is 0. The van der Waals surface area contributed by atoms with Gasteiger partial charge in [0, 0.05) is 18.4 Å². The van der Waals surface area contributed by atoms with E-state index in [2.05, 4.69) is 22.2 Å². The highest BCUT2D eigenvalue weighted by molar-refractivity contribution is 4.92. The lowest BCUT2D eigenvalue weighted by Crippen LogP contribution is -2.14. The number of nitrogens with zero attached hydrogens (tertiary/aromatic N) is 1. The summed E-state index contributed by atoms with van der Waals surface area (Å²) in [5, 5.41) is 3.44. The van der Waals surface area contributed by atoms with E-state index in [1.165, 1.54) is 69.9 Å². The third-order valence-electron chi connectivity index (χ3n) is 3.58. The molecule has 0 aromatic carbocycles. The molecule has 2 N–H and O–H groups in total. The van der Waals surface area contributed by atoms with Gasteiger partial charge in [0.2, 0.25) is 0 Å². The molecule has 0 aliphatic carbocycles. The minimum atomic E-state index is 0.914. The highest BCUT2D eigenvalue weighted by atomic mass is 14.9. The van der Waals surface area contributed by atoms with Crippen molar-refractivity contribution in [3.63, 3.8) is 0 Å². The van der Waals surface area contributed by atoms with E-state index < -0.39 is 0 Å². The Kier molecular flexibility index (Phi) is 10.4. The van der Waals surface area contributed by atoms with Crippen molar-refractivity contribution in [3.05, 3.63) is 18.2 Å². The van der Waals surface area contributed by atoms with Crippen molar-refractivity contribution in [1.29, 1.82) is 0 Å². The van der Waals surface area contributed by atoms with Gasteiger partial charge < -0.3 is 10.3 Å². The Labute approximate surface area is 118 Å². The van der Waals surface area contributed by atoms with Crippen molar-refractivity contribution in [1.82, 2.24) is 15.3 Å². The van der Waals surface area contributed by atoms with Gasteiger partial charge >= 0.3 is 0 Å². The number of nitrogens with one attached hydrogen (secondary N) is 2. The first kappa shape index (κ1) is 16.2. The van der Waals surface area contributed by atoms with Crippen LogP contribution in [0.4, 0.5) is 0 Å². The maximum atomic E-state index is 4.00. The van der Waals surface area contributed by atoms with Crippen molar-refractivity contribution < 1.29 is 0 Å². The molecular weight excluding hydrogens is 234 g/mol. The zero-order chi connectivity index (χ0) is 13.6. The van der Waals surface area contributed by atoms with Crippen LogP contribution in [0.25, 0.3) is 0 Å². The lowest BCUT2D eigenvalue weighted by molar-refractivity contribution is 0.542. The maximum absolute atomic E-state index is 4.00. The largest absolute Gasteiger partial charge is 0.347 e. The molecule has 1 rings (SSSR count). The molecule has 1 heterocycles. The van der Waals surface area contributed by atoms with Crippen LogP contribution >= 0.6 is 0 Å². The summed E-state index contributed by atoms with van der Waals surface area (Å²) in [6, 6.07) is 0. The number of imidazole rings is 1. The van der Waals surface area contributed by atoms with Crippen LogP contribution < -0.4 is 5.32 Å². The van der Waals surface area contributed by atoms with Gasteiger partial charge in [-0.3, -0.25) is 0 Å². The number of hydrogen-bond acceptors (Lipinski definition) is 2. The highest BCUT2D eigenvalue weighted by Gasteiger charge is 1.94. The quantitative estimate of drug-likeness (QED) is 0.518. The van der Waals surface area contributed by atoms with Crippen molar-refractivity contribution >= 4 is 0 Å². The summed E-state index contributed by atoms with van der Waals surface area (Å²) in [4.78, 5) is 7.11. The highest BCUT2D eigenvalue weighted by Crippen LogP contribution is 2.10. The number of hydrogen-bond donors (Lipinski definition) is 2. The van der Waals surface area contributed by atoms with Crippen molar-refractivity contribution in [2.45, 2.75) is 77.7 Å². The lowest BCUT2D eigenvalue weighted by atomic mass is 10.1. The Hall–Kier alpha value is -0.830. The Bertz CT molecular complexity index is 270. The fourth-order valence-electron chi connectivity index (χ4n) is 2.34. The fourth-order valence-corrected chi connectivity index (χ4v) is 2.34. The van der Waals surface area contributed by atoms with Crippen LogP contribution in [0.1, 0.15) is 76.8 Å². The normalized spacial score (nSPS) is 11.0. The lowest BCUT2D eigenvalue weighted by Gasteiger charge is -2.04. The molecule has 0 atom stereocenters. The van der Waals surface area contributed by atoms with Gasteiger partial charge in [0.25, 0.3) is 0 Å². The topological polar surface area (TPSA) is 40.7 Å². The predicted molar refractivity (Wildman–Crippen MR) is 82.1 cm³/mol. The van der Waals surface area contributed by atoms with E-state index in [0.29, 0.717) is 0 Å². The molecule has 0 radical (unpaired) electrons. The molecule has 0 aliphatic rings. The fraction of sp³-hybridized carbons (Fsp3) is 0.812. The summed E-state index contributed by atoms with van der Waals surface area (Å²) in [6.45, 7) is 4.31. The number of H-pyrrole nitrogens is 1. The summed E-state index contributed by atoms with van der Waals surface area (Å²) in [7, 11) is 0. The molecule has 0 saturated carbocycles. The Balaban J connectivity index is 1.72. The molecule has 3 nitrogen and oxygen atoms in total. The molecule has 3 heteroatoms. The molecule has 0 bridgehead atoms. The second-order valence-corrected chi connectivity index (χ2v) is 5.44. The van der Waals surface area contributed by atoms with Crippen LogP contribution in [0.3, 0.4) is 0 Å².